The van der Waals surface area contributed by atoms with Gasteiger partial charge in [0.05, 0.1) is 21.8 Å². The number of amides is 1. The molecular formula is C22H17N7OS2. The van der Waals surface area contributed by atoms with Gasteiger partial charge < -0.3 is 5.32 Å². The summed E-state index contributed by atoms with van der Waals surface area (Å²) in [4.78, 5) is 14.2. The zero-order valence-corrected chi connectivity index (χ0v) is 18.5. The third-order valence-electron chi connectivity index (χ3n) is 4.71. The SMILES string of the molecule is CSc1nnnn1-c1cccc(NC(=O)c2cn(-c3ccccc3)nc2-c2cccs2)c1. The summed E-state index contributed by atoms with van der Waals surface area (Å²) in [5.41, 5.74) is 3.42. The summed E-state index contributed by atoms with van der Waals surface area (Å²) in [6.45, 7) is 0. The van der Waals surface area contributed by atoms with Gasteiger partial charge in [-0.05, 0) is 58.5 Å². The van der Waals surface area contributed by atoms with Crippen LogP contribution in [-0.2, 0) is 0 Å². The summed E-state index contributed by atoms with van der Waals surface area (Å²) in [5.74, 6) is -0.241. The van der Waals surface area contributed by atoms with E-state index in [0.717, 1.165) is 16.3 Å². The maximum atomic E-state index is 13.3. The second-order valence-electron chi connectivity index (χ2n) is 6.73. The average molecular weight is 460 g/mol. The number of nitrogens with one attached hydrogen (secondary N) is 1. The van der Waals surface area contributed by atoms with Crippen LogP contribution in [0.15, 0.2) is 83.5 Å². The summed E-state index contributed by atoms with van der Waals surface area (Å²) in [7, 11) is 0. The molecule has 0 fully saturated rings. The van der Waals surface area contributed by atoms with Crippen molar-refractivity contribution in [3.8, 4) is 21.9 Å². The van der Waals surface area contributed by atoms with Gasteiger partial charge in [-0.2, -0.15) is 9.78 Å². The Labute approximate surface area is 191 Å². The molecule has 0 aliphatic rings. The van der Waals surface area contributed by atoms with Gasteiger partial charge in [0.15, 0.2) is 0 Å². The van der Waals surface area contributed by atoms with Crippen molar-refractivity contribution >= 4 is 34.7 Å². The first-order chi connectivity index (χ1) is 15.7. The molecule has 158 valence electrons. The van der Waals surface area contributed by atoms with E-state index in [1.54, 1.807) is 26.9 Å². The van der Waals surface area contributed by atoms with Crippen LogP contribution in [0.3, 0.4) is 0 Å². The second-order valence-corrected chi connectivity index (χ2v) is 8.45. The van der Waals surface area contributed by atoms with E-state index in [2.05, 4.69) is 20.8 Å². The third-order valence-corrected chi connectivity index (χ3v) is 6.20. The largest absolute Gasteiger partial charge is 0.322 e. The van der Waals surface area contributed by atoms with Crippen molar-refractivity contribution in [3.05, 3.63) is 83.9 Å². The molecule has 0 aliphatic heterocycles. The fourth-order valence-electron chi connectivity index (χ4n) is 3.23. The van der Waals surface area contributed by atoms with Crippen molar-refractivity contribution in [1.82, 2.24) is 30.0 Å². The van der Waals surface area contributed by atoms with Crippen LogP contribution in [0.5, 0.6) is 0 Å². The van der Waals surface area contributed by atoms with Gasteiger partial charge in [0.1, 0.15) is 5.69 Å². The molecule has 0 unspecified atom stereocenters. The molecule has 1 N–H and O–H groups in total. The van der Waals surface area contributed by atoms with Crippen LogP contribution in [0.4, 0.5) is 5.69 Å². The van der Waals surface area contributed by atoms with Crippen LogP contribution in [0.1, 0.15) is 10.4 Å². The van der Waals surface area contributed by atoms with Crippen LogP contribution in [-0.4, -0.2) is 42.2 Å². The van der Waals surface area contributed by atoms with Gasteiger partial charge in [0.2, 0.25) is 5.16 Å². The minimum Gasteiger partial charge on any atom is -0.322 e. The highest BCUT2D eigenvalue weighted by atomic mass is 32.2. The van der Waals surface area contributed by atoms with Crippen LogP contribution in [0, 0.1) is 0 Å². The summed E-state index contributed by atoms with van der Waals surface area (Å²) >= 11 is 2.99. The molecule has 0 aliphatic carbocycles. The number of anilines is 1. The van der Waals surface area contributed by atoms with Crippen molar-refractivity contribution in [3.63, 3.8) is 0 Å². The van der Waals surface area contributed by atoms with Crippen molar-refractivity contribution in [2.75, 3.05) is 11.6 Å². The summed E-state index contributed by atoms with van der Waals surface area (Å²) < 4.78 is 3.36. The number of thiophene rings is 1. The number of rotatable bonds is 6. The van der Waals surface area contributed by atoms with E-state index in [4.69, 9.17) is 5.10 Å². The van der Waals surface area contributed by atoms with E-state index < -0.39 is 0 Å². The highest BCUT2D eigenvalue weighted by molar-refractivity contribution is 7.98. The number of nitrogens with zero attached hydrogens (tertiary/aromatic N) is 6. The van der Waals surface area contributed by atoms with Crippen molar-refractivity contribution in [2.45, 2.75) is 5.16 Å². The Hall–Kier alpha value is -3.76. The number of tetrazole rings is 1. The van der Waals surface area contributed by atoms with Gasteiger partial charge in [-0.25, -0.2) is 4.68 Å². The van der Waals surface area contributed by atoms with Crippen molar-refractivity contribution in [2.24, 2.45) is 0 Å². The standard InChI is InChI=1S/C22H17N7OS2/c1-31-22-24-26-27-29(22)17-10-5-7-15(13-17)23-21(30)18-14-28(16-8-3-2-4-9-16)25-20(18)19-11-6-12-32-19/h2-14H,1H3,(H,23,30). The third kappa shape index (κ3) is 3.93. The molecule has 32 heavy (non-hydrogen) atoms. The predicted octanol–water partition coefficient (Wildman–Crippen LogP) is 4.55. The van der Waals surface area contributed by atoms with E-state index >= 15 is 0 Å². The maximum absolute atomic E-state index is 13.3. The Bertz CT molecular complexity index is 1360. The molecule has 5 aromatic rings. The minimum atomic E-state index is -0.241. The first-order valence-electron chi connectivity index (χ1n) is 9.66. The quantitative estimate of drug-likeness (QED) is 0.375. The molecule has 0 spiro atoms. The van der Waals surface area contributed by atoms with Gasteiger partial charge in [0.25, 0.3) is 5.91 Å². The lowest BCUT2D eigenvalue weighted by molar-refractivity contribution is 0.102. The molecule has 1 amide bonds. The Morgan fingerprint density at radius 3 is 2.66 bits per heavy atom. The monoisotopic (exact) mass is 459 g/mol. The van der Waals surface area contributed by atoms with Crippen LogP contribution in [0.25, 0.3) is 21.9 Å². The smallest absolute Gasteiger partial charge is 0.259 e. The predicted molar refractivity (Wildman–Crippen MR) is 126 cm³/mol. The number of benzene rings is 2. The summed E-state index contributed by atoms with van der Waals surface area (Å²) in [5, 5.41) is 22.1. The lowest BCUT2D eigenvalue weighted by Crippen LogP contribution is -2.12. The highest BCUT2D eigenvalue weighted by Gasteiger charge is 2.20. The molecule has 0 bridgehead atoms. The normalized spacial score (nSPS) is 10.9. The van der Waals surface area contributed by atoms with Gasteiger partial charge in [0, 0.05) is 11.9 Å². The highest BCUT2D eigenvalue weighted by Crippen LogP contribution is 2.29. The summed E-state index contributed by atoms with van der Waals surface area (Å²) in [6, 6.07) is 21.0. The van der Waals surface area contributed by atoms with Gasteiger partial charge in [-0.3, -0.25) is 4.79 Å². The van der Waals surface area contributed by atoms with E-state index in [1.165, 1.54) is 11.8 Å². The van der Waals surface area contributed by atoms with Crippen LogP contribution in [0.2, 0.25) is 0 Å². The number of aromatic nitrogens is 6. The fraction of sp³-hybridized carbons (Fsp3) is 0.0455. The van der Waals surface area contributed by atoms with Crippen LogP contribution < -0.4 is 5.32 Å². The number of hydrogen-bond donors (Lipinski definition) is 1. The molecule has 3 heterocycles. The Kier molecular flexibility index (Phi) is 5.53. The van der Waals surface area contributed by atoms with E-state index in [-0.39, 0.29) is 5.91 Å². The maximum Gasteiger partial charge on any atom is 0.259 e. The molecule has 0 radical (unpaired) electrons. The molecule has 10 heteroatoms. The molecule has 0 saturated heterocycles. The second kappa shape index (κ2) is 8.77. The number of para-hydroxylation sites is 1. The van der Waals surface area contributed by atoms with E-state index in [1.807, 2.05) is 78.4 Å². The lowest BCUT2D eigenvalue weighted by Gasteiger charge is -2.08. The molecule has 8 nitrogen and oxygen atoms in total. The molecule has 2 aromatic carbocycles. The Morgan fingerprint density at radius 2 is 1.88 bits per heavy atom. The summed E-state index contributed by atoms with van der Waals surface area (Å²) in [6.07, 6.45) is 3.67. The van der Waals surface area contributed by atoms with E-state index in [9.17, 15) is 4.79 Å². The van der Waals surface area contributed by atoms with E-state index in [0.29, 0.717) is 22.1 Å². The first-order valence-corrected chi connectivity index (χ1v) is 11.8. The zero-order valence-electron chi connectivity index (χ0n) is 16.9. The number of thioether (sulfide) groups is 1. The van der Waals surface area contributed by atoms with Gasteiger partial charge in [-0.15, -0.1) is 16.4 Å². The molecular weight excluding hydrogens is 442 g/mol. The lowest BCUT2D eigenvalue weighted by atomic mass is 10.2. The number of carbonyl (C=O) groups is 1. The number of hydrogen-bond acceptors (Lipinski definition) is 7. The first kappa shape index (κ1) is 20.2. The fourth-order valence-corrected chi connectivity index (χ4v) is 4.39. The zero-order chi connectivity index (χ0) is 21.9. The average Bonchev–Trinajstić information content (AvgIpc) is 3.60. The molecule has 0 saturated carbocycles. The van der Waals surface area contributed by atoms with Crippen molar-refractivity contribution < 1.29 is 4.79 Å². The Balaban J connectivity index is 1.48. The Morgan fingerprint density at radius 1 is 1.03 bits per heavy atom. The molecule has 3 aromatic heterocycles. The molecule has 5 rings (SSSR count). The number of carbonyl (C=O) groups excluding carboxylic acids is 1. The molecule has 0 atom stereocenters. The van der Waals surface area contributed by atoms with Crippen LogP contribution >= 0.6 is 23.1 Å². The van der Waals surface area contributed by atoms with Gasteiger partial charge in [-0.1, -0.05) is 42.1 Å². The van der Waals surface area contributed by atoms with Gasteiger partial charge >= 0.3 is 0 Å². The topological polar surface area (TPSA) is 90.5 Å². The van der Waals surface area contributed by atoms with Crippen molar-refractivity contribution in [1.29, 1.82) is 0 Å². The minimum absolute atomic E-state index is 0.241.